The van der Waals surface area contributed by atoms with Gasteiger partial charge in [0.2, 0.25) is 0 Å². The van der Waals surface area contributed by atoms with Gasteiger partial charge in [-0.05, 0) is 36.4 Å². The smallest absolute Gasteiger partial charge is 0.258 e. The zero-order chi connectivity index (χ0) is 19.2. The molecule has 3 aromatic rings. The van der Waals surface area contributed by atoms with E-state index >= 15 is 0 Å². The number of carbonyl (C=O) groups excluding carboxylic acids is 2. The number of halogens is 1. The molecular formula is C21H17FN2O3. The molecule has 5 nitrogen and oxygen atoms in total. The van der Waals surface area contributed by atoms with Crippen LogP contribution in [-0.4, -0.2) is 18.9 Å². The summed E-state index contributed by atoms with van der Waals surface area (Å²) in [6.07, 6.45) is 0. The Balaban J connectivity index is 1.84. The number of nitrogens with one attached hydrogen (secondary N) is 2. The Morgan fingerprint density at radius 3 is 2.04 bits per heavy atom. The third-order valence-corrected chi connectivity index (χ3v) is 3.87. The number of carbonyl (C=O) groups is 2. The minimum absolute atomic E-state index is 0.216. The predicted molar refractivity (Wildman–Crippen MR) is 102 cm³/mol. The molecule has 0 spiro atoms. The molecule has 0 aliphatic heterocycles. The van der Waals surface area contributed by atoms with Crippen LogP contribution in [0.5, 0.6) is 5.75 Å². The summed E-state index contributed by atoms with van der Waals surface area (Å²) >= 11 is 0. The topological polar surface area (TPSA) is 67.4 Å². The lowest BCUT2D eigenvalue weighted by atomic mass is 10.1. The minimum atomic E-state index is -0.890. The first-order chi connectivity index (χ1) is 13.1. The summed E-state index contributed by atoms with van der Waals surface area (Å²) in [6, 6.07) is 19.6. The third kappa shape index (κ3) is 4.12. The number of rotatable bonds is 5. The van der Waals surface area contributed by atoms with Crippen LogP contribution in [0.2, 0.25) is 0 Å². The molecule has 2 N–H and O–H groups in total. The van der Waals surface area contributed by atoms with Gasteiger partial charge in [-0.1, -0.05) is 36.4 Å². The number of hydrogen-bond donors (Lipinski definition) is 2. The van der Waals surface area contributed by atoms with E-state index in [1.165, 1.54) is 25.3 Å². The first-order valence-electron chi connectivity index (χ1n) is 8.19. The fraction of sp³-hybridized carbons (Fsp3) is 0.0476. The first-order valence-corrected chi connectivity index (χ1v) is 8.19. The number of hydrogen-bond acceptors (Lipinski definition) is 3. The van der Waals surface area contributed by atoms with Gasteiger partial charge >= 0.3 is 0 Å². The molecule has 0 unspecified atom stereocenters. The third-order valence-electron chi connectivity index (χ3n) is 3.87. The van der Waals surface area contributed by atoms with Crippen LogP contribution in [0, 0.1) is 5.82 Å². The van der Waals surface area contributed by atoms with Crippen molar-refractivity contribution in [3.05, 3.63) is 89.7 Å². The number of benzene rings is 3. The molecule has 0 atom stereocenters. The van der Waals surface area contributed by atoms with Crippen LogP contribution < -0.4 is 15.4 Å². The van der Waals surface area contributed by atoms with Gasteiger partial charge in [0.25, 0.3) is 11.8 Å². The molecule has 0 saturated heterocycles. The molecule has 0 aliphatic carbocycles. The summed E-state index contributed by atoms with van der Waals surface area (Å²) in [5, 5.41) is 5.20. The SMILES string of the molecule is COc1ccccc1NC(=O)c1cccc(C(=O)Nc2ccccc2)c1F. The zero-order valence-corrected chi connectivity index (χ0v) is 14.5. The Hall–Kier alpha value is -3.67. The lowest BCUT2D eigenvalue weighted by Gasteiger charge is -2.12. The van der Waals surface area contributed by atoms with E-state index in [1.807, 2.05) is 0 Å². The molecule has 0 heterocycles. The van der Waals surface area contributed by atoms with Gasteiger partial charge in [-0.25, -0.2) is 4.39 Å². The molecule has 0 fully saturated rings. The summed E-state index contributed by atoms with van der Waals surface area (Å²) in [4.78, 5) is 24.9. The van der Waals surface area contributed by atoms with Crippen LogP contribution in [0.4, 0.5) is 15.8 Å². The van der Waals surface area contributed by atoms with Crippen LogP contribution in [0.1, 0.15) is 20.7 Å². The highest BCUT2D eigenvalue weighted by Gasteiger charge is 2.20. The second-order valence-corrected chi connectivity index (χ2v) is 5.64. The lowest BCUT2D eigenvalue weighted by Crippen LogP contribution is -2.19. The molecule has 3 aromatic carbocycles. The van der Waals surface area contributed by atoms with Gasteiger partial charge in [-0.2, -0.15) is 0 Å². The van der Waals surface area contributed by atoms with Crippen molar-refractivity contribution < 1.29 is 18.7 Å². The molecule has 27 heavy (non-hydrogen) atoms. The average molecular weight is 364 g/mol. The summed E-state index contributed by atoms with van der Waals surface area (Å²) < 4.78 is 20.0. The summed E-state index contributed by atoms with van der Waals surface area (Å²) in [5.74, 6) is -1.75. The van der Waals surface area contributed by atoms with E-state index in [4.69, 9.17) is 4.74 Å². The van der Waals surface area contributed by atoms with Gasteiger partial charge in [0.15, 0.2) is 0 Å². The molecule has 2 amide bonds. The van der Waals surface area contributed by atoms with Crippen LogP contribution in [0.3, 0.4) is 0 Å². The number of anilines is 2. The van der Waals surface area contributed by atoms with E-state index in [-0.39, 0.29) is 11.1 Å². The molecule has 0 saturated carbocycles. The van der Waals surface area contributed by atoms with Gasteiger partial charge in [0, 0.05) is 5.69 Å². The lowest BCUT2D eigenvalue weighted by molar-refractivity contribution is 0.102. The Bertz CT molecular complexity index is 974. The van der Waals surface area contributed by atoms with Crippen LogP contribution in [0.15, 0.2) is 72.8 Å². The maximum atomic E-state index is 14.8. The van der Waals surface area contributed by atoms with Crippen molar-refractivity contribution in [2.24, 2.45) is 0 Å². The van der Waals surface area contributed by atoms with Gasteiger partial charge in [0.05, 0.1) is 23.9 Å². The highest BCUT2D eigenvalue weighted by Crippen LogP contribution is 2.24. The number of methoxy groups -OCH3 is 1. The van der Waals surface area contributed by atoms with Gasteiger partial charge < -0.3 is 15.4 Å². The molecule has 0 bridgehead atoms. The number of ether oxygens (including phenoxy) is 1. The van der Waals surface area contributed by atoms with Crippen molar-refractivity contribution in [2.45, 2.75) is 0 Å². The Labute approximate surface area is 155 Å². The van der Waals surface area contributed by atoms with E-state index in [0.29, 0.717) is 17.1 Å². The Morgan fingerprint density at radius 1 is 0.778 bits per heavy atom. The van der Waals surface area contributed by atoms with Crippen molar-refractivity contribution in [3.8, 4) is 5.75 Å². The molecule has 0 aromatic heterocycles. The van der Waals surface area contributed by atoms with Crippen molar-refractivity contribution in [1.29, 1.82) is 0 Å². The molecule has 3 rings (SSSR count). The summed E-state index contributed by atoms with van der Waals surface area (Å²) in [7, 11) is 1.47. The quantitative estimate of drug-likeness (QED) is 0.708. The van der Waals surface area contributed by atoms with Crippen molar-refractivity contribution in [1.82, 2.24) is 0 Å². The van der Waals surface area contributed by atoms with Gasteiger partial charge in [-0.3, -0.25) is 9.59 Å². The maximum absolute atomic E-state index is 14.8. The largest absolute Gasteiger partial charge is 0.495 e. The minimum Gasteiger partial charge on any atom is -0.495 e. The summed E-state index contributed by atoms with van der Waals surface area (Å²) in [5.41, 5.74) is 0.488. The van der Waals surface area contributed by atoms with Crippen molar-refractivity contribution in [2.75, 3.05) is 17.7 Å². The zero-order valence-electron chi connectivity index (χ0n) is 14.5. The number of amides is 2. The number of para-hydroxylation sites is 3. The van der Waals surface area contributed by atoms with E-state index < -0.39 is 17.6 Å². The Kier molecular flexibility index (Phi) is 5.47. The van der Waals surface area contributed by atoms with Crippen LogP contribution in [0.25, 0.3) is 0 Å². The van der Waals surface area contributed by atoms with Crippen molar-refractivity contribution >= 4 is 23.2 Å². The van der Waals surface area contributed by atoms with E-state index in [0.717, 1.165) is 0 Å². The first kappa shape index (κ1) is 18.1. The van der Waals surface area contributed by atoms with Gasteiger partial charge in [-0.15, -0.1) is 0 Å². The fourth-order valence-electron chi connectivity index (χ4n) is 2.54. The second kappa shape index (κ2) is 8.14. The highest BCUT2D eigenvalue weighted by atomic mass is 19.1. The van der Waals surface area contributed by atoms with Crippen LogP contribution in [-0.2, 0) is 0 Å². The normalized spacial score (nSPS) is 10.1. The molecular weight excluding hydrogens is 347 g/mol. The standard InChI is InChI=1S/C21H17FN2O3/c1-27-18-13-6-5-12-17(18)24-21(26)16-11-7-10-15(19(16)22)20(25)23-14-8-3-2-4-9-14/h2-13H,1H3,(H,23,25)(H,24,26). The monoisotopic (exact) mass is 364 g/mol. The molecule has 0 aliphatic rings. The molecule has 0 radical (unpaired) electrons. The average Bonchev–Trinajstić information content (AvgIpc) is 2.69. The van der Waals surface area contributed by atoms with Crippen LogP contribution >= 0.6 is 0 Å². The Morgan fingerprint density at radius 2 is 1.37 bits per heavy atom. The molecule has 136 valence electrons. The highest BCUT2D eigenvalue weighted by molar-refractivity contribution is 6.09. The second-order valence-electron chi connectivity index (χ2n) is 5.64. The molecule has 6 heteroatoms. The maximum Gasteiger partial charge on any atom is 0.258 e. The van der Waals surface area contributed by atoms with E-state index in [1.54, 1.807) is 54.6 Å². The fourth-order valence-corrected chi connectivity index (χ4v) is 2.54. The van der Waals surface area contributed by atoms with E-state index in [2.05, 4.69) is 10.6 Å². The van der Waals surface area contributed by atoms with Crippen molar-refractivity contribution in [3.63, 3.8) is 0 Å². The van der Waals surface area contributed by atoms with E-state index in [9.17, 15) is 14.0 Å². The summed E-state index contributed by atoms with van der Waals surface area (Å²) in [6.45, 7) is 0. The predicted octanol–water partition coefficient (Wildman–Crippen LogP) is 4.34. The van der Waals surface area contributed by atoms with Gasteiger partial charge in [0.1, 0.15) is 11.6 Å².